The maximum atomic E-state index is 12.0. The zero-order valence-corrected chi connectivity index (χ0v) is 12.9. The fourth-order valence-electron chi connectivity index (χ4n) is 3.19. The van der Waals surface area contributed by atoms with Gasteiger partial charge in [-0.05, 0) is 50.8 Å². The van der Waals surface area contributed by atoms with E-state index >= 15 is 0 Å². The van der Waals surface area contributed by atoms with Gasteiger partial charge in [0.15, 0.2) is 0 Å². The molecule has 0 aromatic heterocycles. The smallest absolute Gasteiger partial charge is 0.246 e. The fourth-order valence-corrected chi connectivity index (χ4v) is 3.47. The fraction of sp³-hybridized carbons (Fsp3) is 0.562. The number of hydrogen-bond acceptors (Lipinski definition) is 3. The maximum absolute atomic E-state index is 12.0. The third kappa shape index (κ3) is 2.40. The monoisotopic (exact) mass is 305 g/mol. The number of carbonyl (C=O) groups excluding carboxylic acids is 1. The number of amides is 1. The Morgan fingerprint density at radius 3 is 2.71 bits per heavy atom. The standard InChI is InChI=1S/C16H20ClN3O/c1-18-15-11-6-12(17)14(7-13(11)19-16(15)21)20(10-4-5-10)8-9-2-3-9/h6-7,9-10,15,18H,2-5,8H2,1H3,(H,19,21). The predicted octanol–water partition coefficient (Wildman–Crippen LogP) is 2.93. The SMILES string of the molecule is CNC1C(=O)Nc2cc(N(CC3CC3)C3CC3)c(Cl)cc21. The number of fused-ring (bicyclic) bond motifs is 1. The second-order valence-electron chi connectivity index (χ2n) is 6.43. The first-order chi connectivity index (χ1) is 10.2. The third-order valence-electron chi connectivity index (χ3n) is 4.69. The number of benzene rings is 1. The van der Waals surface area contributed by atoms with Gasteiger partial charge >= 0.3 is 0 Å². The Kier molecular flexibility index (Phi) is 3.12. The lowest BCUT2D eigenvalue weighted by atomic mass is 10.1. The molecule has 112 valence electrons. The molecule has 21 heavy (non-hydrogen) atoms. The van der Waals surface area contributed by atoms with Gasteiger partial charge in [-0.2, -0.15) is 0 Å². The highest BCUT2D eigenvalue weighted by molar-refractivity contribution is 6.33. The lowest BCUT2D eigenvalue weighted by Gasteiger charge is -2.26. The zero-order valence-electron chi connectivity index (χ0n) is 12.2. The minimum atomic E-state index is -0.288. The summed E-state index contributed by atoms with van der Waals surface area (Å²) in [5, 5.41) is 6.76. The minimum Gasteiger partial charge on any atom is -0.367 e. The summed E-state index contributed by atoms with van der Waals surface area (Å²) in [5.41, 5.74) is 2.94. The van der Waals surface area contributed by atoms with Crippen molar-refractivity contribution in [3.05, 3.63) is 22.7 Å². The number of nitrogens with zero attached hydrogens (tertiary/aromatic N) is 1. The Balaban J connectivity index is 1.69. The number of carbonyl (C=O) groups is 1. The largest absolute Gasteiger partial charge is 0.367 e. The highest BCUT2D eigenvalue weighted by atomic mass is 35.5. The third-order valence-corrected chi connectivity index (χ3v) is 4.99. The van der Waals surface area contributed by atoms with Crippen molar-refractivity contribution in [2.45, 2.75) is 37.8 Å². The van der Waals surface area contributed by atoms with Crippen LogP contribution in [0.3, 0.4) is 0 Å². The van der Waals surface area contributed by atoms with Crippen molar-refractivity contribution >= 4 is 28.9 Å². The van der Waals surface area contributed by atoms with Crippen LogP contribution in [0.1, 0.15) is 37.3 Å². The topological polar surface area (TPSA) is 44.4 Å². The van der Waals surface area contributed by atoms with Gasteiger partial charge in [-0.1, -0.05) is 11.6 Å². The molecule has 1 aromatic carbocycles. The average molecular weight is 306 g/mol. The lowest BCUT2D eigenvalue weighted by Crippen LogP contribution is -2.28. The van der Waals surface area contributed by atoms with E-state index in [9.17, 15) is 4.79 Å². The molecule has 2 saturated carbocycles. The van der Waals surface area contributed by atoms with Gasteiger partial charge in [-0.3, -0.25) is 4.79 Å². The van der Waals surface area contributed by atoms with Crippen molar-refractivity contribution in [2.75, 3.05) is 23.8 Å². The van der Waals surface area contributed by atoms with E-state index < -0.39 is 0 Å². The molecule has 1 aliphatic heterocycles. The van der Waals surface area contributed by atoms with Crippen LogP contribution in [-0.2, 0) is 4.79 Å². The molecule has 2 aliphatic carbocycles. The van der Waals surface area contributed by atoms with Crippen LogP contribution in [0.4, 0.5) is 11.4 Å². The average Bonchev–Trinajstić information content (AvgIpc) is 3.34. The van der Waals surface area contributed by atoms with Crippen molar-refractivity contribution in [3.63, 3.8) is 0 Å². The molecular weight excluding hydrogens is 286 g/mol. The molecule has 2 fully saturated rings. The summed E-state index contributed by atoms with van der Waals surface area (Å²) >= 11 is 6.54. The predicted molar refractivity (Wildman–Crippen MR) is 85.0 cm³/mol. The van der Waals surface area contributed by atoms with E-state index in [1.165, 1.54) is 25.7 Å². The van der Waals surface area contributed by atoms with Crippen LogP contribution in [0.5, 0.6) is 0 Å². The molecule has 0 radical (unpaired) electrons. The van der Waals surface area contributed by atoms with Crippen LogP contribution in [0, 0.1) is 5.92 Å². The van der Waals surface area contributed by atoms with Crippen LogP contribution in [0.2, 0.25) is 5.02 Å². The number of rotatable bonds is 5. The molecule has 1 heterocycles. The summed E-state index contributed by atoms with van der Waals surface area (Å²) in [6.45, 7) is 1.10. The molecule has 1 atom stereocenters. The molecule has 0 saturated heterocycles. The maximum Gasteiger partial charge on any atom is 0.246 e. The van der Waals surface area contributed by atoms with E-state index in [0.717, 1.165) is 34.4 Å². The van der Waals surface area contributed by atoms with Gasteiger partial charge in [0, 0.05) is 23.8 Å². The summed E-state index contributed by atoms with van der Waals surface area (Å²) in [6.07, 6.45) is 5.19. The Morgan fingerprint density at radius 2 is 2.10 bits per heavy atom. The highest BCUT2D eigenvalue weighted by Crippen LogP contribution is 2.44. The molecule has 4 rings (SSSR count). The molecule has 1 aromatic rings. The summed E-state index contributed by atoms with van der Waals surface area (Å²) < 4.78 is 0. The van der Waals surface area contributed by atoms with Crippen LogP contribution in [0.15, 0.2) is 12.1 Å². The first-order valence-corrected chi connectivity index (χ1v) is 8.13. The number of likely N-dealkylation sites (N-methyl/N-ethyl adjacent to an activating group) is 1. The molecular formula is C16H20ClN3O. The number of halogens is 1. The summed E-state index contributed by atoms with van der Waals surface area (Å²) in [6, 6.07) is 4.36. The summed E-state index contributed by atoms with van der Waals surface area (Å²) in [4.78, 5) is 14.4. The van der Waals surface area contributed by atoms with E-state index in [2.05, 4.69) is 21.6 Å². The summed E-state index contributed by atoms with van der Waals surface area (Å²) in [5.74, 6) is 0.829. The normalized spacial score (nSPS) is 23.9. The second kappa shape index (κ2) is 4.89. The van der Waals surface area contributed by atoms with Crippen LogP contribution in [-0.4, -0.2) is 25.5 Å². The zero-order chi connectivity index (χ0) is 14.6. The lowest BCUT2D eigenvalue weighted by molar-refractivity contribution is -0.117. The Morgan fingerprint density at radius 1 is 1.33 bits per heavy atom. The van der Waals surface area contributed by atoms with Gasteiger partial charge in [0.1, 0.15) is 6.04 Å². The minimum absolute atomic E-state index is 0.000816. The first kappa shape index (κ1) is 13.4. The van der Waals surface area contributed by atoms with Crippen molar-refractivity contribution in [1.29, 1.82) is 0 Å². The van der Waals surface area contributed by atoms with E-state index in [0.29, 0.717) is 6.04 Å². The van der Waals surface area contributed by atoms with E-state index in [-0.39, 0.29) is 11.9 Å². The molecule has 5 heteroatoms. The van der Waals surface area contributed by atoms with Gasteiger partial charge < -0.3 is 15.5 Å². The molecule has 3 aliphatic rings. The second-order valence-corrected chi connectivity index (χ2v) is 6.84. The highest BCUT2D eigenvalue weighted by Gasteiger charge is 2.36. The quantitative estimate of drug-likeness (QED) is 0.879. The van der Waals surface area contributed by atoms with Gasteiger partial charge in [-0.25, -0.2) is 0 Å². The van der Waals surface area contributed by atoms with Crippen LogP contribution >= 0.6 is 11.6 Å². The molecule has 1 amide bonds. The van der Waals surface area contributed by atoms with Crippen molar-refractivity contribution < 1.29 is 4.79 Å². The van der Waals surface area contributed by atoms with Crippen LogP contribution in [0.25, 0.3) is 0 Å². The Labute approximate surface area is 129 Å². The Hall–Kier alpha value is -1.26. The van der Waals surface area contributed by atoms with E-state index in [1.807, 2.05) is 6.07 Å². The molecule has 0 spiro atoms. The number of anilines is 2. The molecule has 1 unspecified atom stereocenters. The Bertz CT molecular complexity index is 595. The van der Waals surface area contributed by atoms with Crippen molar-refractivity contribution in [1.82, 2.24) is 5.32 Å². The first-order valence-electron chi connectivity index (χ1n) is 7.75. The molecule has 4 nitrogen and oxygen atoms in total. The van der Waals surface area contributed by atoms with Gasteiger partial charge in [-0.15, -0.1) is 0 Å². The van der Waals surface area contributed by atoms with Gasteiger partial charge in [0.2, 0.25) is 5.91 Å². The number of hydrogen-bond donors (Lipinski definition) is 2. The van der Waals surface area contributed by atoms with Crippen molar-refractivity contribution in [2.24, 2.45) is 5.92 Å². The van der Waals surface area contributed by atoms with E-state index in [1.54, 1.807) is 7.05 Å². The van der Waals surface area contributed by atoms with E-state index in [4.69, 9.17) is 11.6 Å². The number of nitrogens with one attached hydrogen (secondary N) is 2. The molecule has 2 N–H and O–H groups in total. The molecule has 0 bridgehead atoms. The van der Waals surface area contributed by atoms with Gasteiger partial charge in [0.05, 0.1) is 10.7 Å². The van der Waals surface area contributed by atoms with Gasteiger partial charge in [0.25, 0.3) is 0 Å². The van der Waals surface area contributed by atoms with Crippen molar-refractivity contribution in [3.8, 4) is 0 Å². The summed E-state index contributed by atoms with van der Waals surface area (Å²) in [7, 11) is 1.80. The van der Waals surface area contributed by atoms with Crippen LogP contribution < -0.4 is 15.5 Å².